The maximum absolute atomic E-state index is 12.3. The number of aryl methyl sites for hydroxylation is 3. The van der Waals surface area contributed by atoms with Gasteiger partial charge in [0.1, 0.15) is 0 Å². The van der Waals surface area contributed by atoms with Gasteiger partial charge in [-0.1, -0.05) is 6.07 Å². The zero-order valence-electron chi connectivity index (χ0n) is 11.4. The second-order valence-electron chi connectivity index (χ2n) is 5.25. The van der Waals surface area contributed by atoms with Gasteiger partial charge in [0.25, 0.3) is 5.91 Å². The number of halogens is 1. The molecular formula is C17H16INO. The number of rotatable bonds is 2. The van der Waals surface area contributed by atoms with E-state index in [9.17, 15) is 4.79 Å². The number of hydrogen-bond donors (Lipinski definition) is 1. The van der Waals surface area contributed by atoms with Crippen LogP contribution in [-0.4, -0.2) is 5.91 Å². The average molecular weight is 377 g/mol. The maximum Gasteiger partial charge on any atom is 0.255 e. The van der Waals surface area contributed by atoms with Crippen molar-refractivity contribution in [2.45, 2.75) is 26.2 Å². The van der Waals surface area contributed by atoms with E-state index in [1.807, 2.05) is 31.2 Å². The molecule has 2 aromatic carbocycles. The summed E-state index contributed by atoms with van der Waals surface area (Å²) in [6.45, 7) is 2.01. The predicted molar refractivity (Wildman–Crippen MR) is 90.3 cm³/mol. The second kappa shape index (κ2) is 5.56. The Morgan fingerprint density at radius 1 is 1.10 bits per heavy atom. The molecule has 1 amide bonds. The molecule has 3 rings (SSSR count). The molecule has 3 heteroatoms. The van der Waals surface area contributed by atoms with Gasteiger partial charge >= 0.3 is 0 Å². The molecule has 0 fully saturated rings. The summed E-state index contributed by atoms with van der Waals surface area (Å²) in [5, 5.41) is 3.00. The van der Waals surface area contributed by atoms with Crippen LogP contribution in [0.25, 0.3) is 0 Å². The van der Waals surface area contributed by atoms with Crippen LogP contribution < -0.4 is 5.32 Å². The molecule has 1 N–H and O–H groups in total. The Labute approximate surface area is 132 Å². The molecule has 0 radical (unpaired) electrons. The summed E-state index contributed by atoms with van der Waals surface area (Å²) in [7, 11) is 0. The van der Waals surface area contributed by atoms with Crippen LogP contribution in [0.3, 0.4) is 0 Å². The van der Waals surface area contributed by atoms with Gasteiger partial charge in [-0.3, -0.25) is 4.79 Å². The van der Waals surface area contributed by atoms with Gasteiger partial charge in [0.2, 0.25) is 0 Å². The molecule has 0 atom stereocenters. The summed E-state index contributed by atoms with van der Waals surface area (Å²) in [5.41, 5.74) is 5.45. The molecule has 1 aliphatic carbocycles. The standard InChI is InChI=1S/C17H16INO/c1-11-9-15(18)7-8-16(11)19-17(20)14-6-5-12-3-2-4-13(12)10-14/h5-10H,2-4H2,1H3,(H,19,20). The van der Waals surface area contributed by atoms with Crippen molar-refractivity contribution in [1.82, 2.24) is 0 Å². The van der Waals surface area contributed by atoms with Crippen molar-refractivity contribution < 1.29 is 4.79 Å². The van der Waals surface area contributed by atoms with Crippen LogP contribution >= 0.6 is 22.6 Å². The van der Waals surface area contributed by atoms with E-state index in [-0.39, 0.29) is 5.91 Å². The molecule has 0 unspecified atom stereocenters. The first kappa shape index (κ1) is 13.6. The van der Waals surface area contributed by atoms with E-state index in [1.165, 1.54) is 21.1 Å². The Morgan fingerprint density at radius 2 is 1.90 bits per heavy atom. The molecule has 0 aliphatic heterocycles. The van der Waals surface area contributed by atoms with E-state index >= 15 is 0 Å². The first-order valence-corrected chi connectivity index (χ1v) is 7.91. The highest BCUT2D eigenvalue weighted by atomic mass is 127. The Bertz CT molecular complexity index is 679. The molecule has 102 valence electrons. The molecule has 0 bridgehead atoms. The third-order valence-electron chi connectivity index (χ3n) is 3.80. The van der Waals surface area contributed by atoms with Crippen molar-refractivity contribution in [2.24, 2.45) is 0 Å². The highest BCUT2D eigenvalue weighted by molar-refractivity contribution is 14.1. The highest BCUT2D eigenvalue weighted by Gasteiger charge is 2.14. The van der Waals surface area contributed by atoms with E-state index in [4.69, 9.17) is 0 Å². The quantitative estimate of drug-likeness (QED) is 0.776. The minimum atomic E-state index is -0.0241. The van der Waals surface area contributed by atoms with Crippen molar-refractivity contribution in [1.29, 1.82) is 0 Å². The Hall–Kier alpha value is -1.36. The zero-order valence-corrected chi connectivity index (χ0v) is 13.5. The number of carbonyl (C=O) groups excluding carboxylic acids is 1. The summed E-state index contributed by atoms with van der Waals surface area (Å²) in [5.74, 6) is -0.0241. The van der Waals surface area contributed by atoms with Crippen molar-refractivity contribution in [2.75, 3.05) is 5.32 Å². The number of hydrogen-bond acceptors (Lipinski definition) is 1. The number of nitrogens with one attached hydrogen (secondary N) is 1. The molecule has 0 saturated heterocycles. The molecule has 0 aromatic heterocycles. The minimum Gasteiger partial charge on any atom is -0.322 e. The van der Waals surface area contributed by atoms with E-state index < -0.39 is 0 Å². The fourth-order valence-electron chi connectivity index (χ4n) is 2.67. The van der Waals surface area contributed by atoms with Crippen LogP contribution in [0.5, 0.6) is 0 Å². The minimum absolute atomic E-state index is 0.0241. The van der Waals surface area contributed by atoms with Crippen LogP contribution in [0.15, 0.2) is 36.4 Å². The maximum atomic E-state index is 12.3. The first-order chi connectivity index (χ1) is 9.63. The Balaban J connectivity index is 1.82. The molecule has 2 nitrogen and oxygen atoms in total. The summed E-state index contributed by atoms with van der Waals surface area (Å²) >= 11 is 2.27. The van der Waals surface area contributed by atoms with Crippen LogP contribution in [0.2, 0.25) is 0 Å². The van der Waals surface area contributed by atoms with Gasteiger partial charge in [0.15, 0.2) is 0 Å². The van der Waals surface area contributed by atoms with Crippen molar-refractivity contribution in [3.63, 3.8) is 0 Å². The van der Waals surface area contributed by atoms with Gasteiger partial charge in [-0.2, -0.15) is 0 Å². The predicted octanol–water partition coefficient (Wildman–Crippen LogP) is 4.34. The van der Waals surface area contributed by atoms with Gasteiger partial charge in [-0.15, -0.1) is 0 Å². The van der Waals surface area contributed by atoms with E-state index in [1.54, 1.807) is 0 Å². The molecular weight excluding hydrogens is 361 g/mol. The molecule has 0 saturated carbocycles. The SMILES string of the molecule is Cc1cc(I)ccc1NC(=O)c1ccc2c(c1)CCC2. The molecule has 0 heterocycles. The van der Waals surface area contributed by atoms with Crippen molar-refractivity contribution >= 4 is 34.2 Å². The summed E-state index contributed by atoms with van der Waals surface area (Å²) in [4.78, 5) is 12.3. The van der Waals surface area contributed by atoms with Gasteiger partial charge in [-0.25, -0.2) is 0 Å². The normalized spacial score (nSPS) is 13.1. The number of benzene rings is 2. The average Bonchev–Trinajstić information content (AvgIpc) is 2.89. The van der Waals surface area contributed by atoms with Gasteiger partial charge in [-0.05, 0) is 95.8 Å². The van der Waals surface area contributed by atoms with Crippen LogP contribution in [0.1, 0.15) is 33.5 Å². The zero-order chi connectivity index (χ0) is 14.1. The molecule has 1 aliphatic rings. The number of anilines is 1. The van der Waals surface area contributed by atoms with Gasteiger partial charge in [0, 0.05) is 14.8 Å². The summed E-state index contributed by atoms with van der Waals surface area (Å²) in [6.07, 6.45) is 3.45. The molecule has 2 aromatic rings. The third kappa shape index (κ3) is 2.73. The number of fused-ring (bicyclic) bond motifs is 1. The van der Waals surface area contributed by atoms with E-state index in [0.29, 0.717) is 0 Å². The third-order valence-corrected chi connectivity index (χ3v) is 4.47. The second-order valence-corrected chi connectivity index (χ2v) is 6.50. The van der Waals surface area contributed by atoms with Crippen LogP contribution in [-0.2, 0) is 12.8 Å². The fraction of sp³-hybridized carbons (Fsp3) is 0.235. The van der Waals surface area contributed by atoms with Crippen LogP contribution in [0.4, 0.5) is 5.69 Å². The number of carbonyl (C=O) groups is 1. The first-order valence-electron chi connectivity index (χ1n) is 6.83. The highest BCUT2D eigenvalue weighted by Crippen LogP contribution is 2.24. The molecule has 0 spiro atoms. The number of amides is 1. The van der Waals surface area contributed by atoms with Gasteiger partial charge < -0.3 is 5.32 Å². The van der Waals surface area contributed by atoms with E-state index in [0.717, 1.165) is 29.7 Å². The lowest BCUT2D eigenvalue weighted by molar-refractivity contribution is 0.102. The topological polar surface area (TPSA) is 29.1 Å². The lowest BCUT2D eigenvalue weighted by atomic mass is 10.1. The smallest absolute Gasteiger partial charge is 0.255 e. The van der Waals surface area contributed by atoms with Crippen molar-refractivity contribution in [3.05, 3.63) is 62.2 Å². The lowest BCUT2D eigenvalue weighted by Gasteiger charge is -2.10. The summed E-state index contributed by atoms with van der Waals surface area (Å²) < 4.78 is 1.18. The molecule has 20 heavy (non-hydrogen) atoms. The largest absolute Gasteiger partial charge is 0.322 e. The van der Waals surface area contributed by atoms with Crippen LogP contribution in [0, 0.1) is 10.5 Å². The van der Waals surface area contributed by atoms with Gasteiger partial charge in [0.05, 0.1) is 0 Å². The van der Waals surface area contributed by atoms with Crippen molar-refractivity contribution in [3.8, 4) is 0 Å². The monoisotopic (exact) mass is 377 g/mol. The Morgan fingerprint density at radius 3 is 2.70 bits per heavy atom. The lowest BCUT2D eigenvalue weighted by Crippen LogP contribution is -2.13. The Kier molecular flexibility index (Phi) is 3.78. The summed E-state index contributed by atoms with van der Waals surface area (Å²) in [6, 6.07) is 12.1. The van der Waals surface area contributed by atoms with E-state index in [2.05, 4.69) is 40.0 Å². The fourth-order valence-corrected chi connectivity index (χ4v) is 3.32.